The molecule has 2 aromatic rings. The maximum Gasteiger partial charge on any atom is 0.317 e. The fourth-order valence-electron chi connectivity index (χ4n) is 2.73. The first-order valence-corrected chi connectivity index (χ1v) is 7.94. The Morgan fingerprint density at radius 1 is 1.39 bits per heavy atom. The van der Waals surface area contributed by atoms with Crippen LogP contribution in [0.25, 0.3) is 0 Å². The number of hydrogen-bond donors (Lipinski definition) is 1. The standard InChI is InChI=1S/C18H22N2O3/c1-13(16-4-3-10-22-16)20(2)18(21)19-9-7-14-5-6-17-15(12-14)8-11-23-17/h3-6,10,12-13H,7-9,11H2,1-2H3,(H,19,21)/t13-/m0/s1. The molecule has 0 radical (unpaired) electrons. The van der Waals surface area contributed by atoms with Crippen LogP contribution in [0, 0.1) is 0 Å². The molecule has 122 valence electrons. The van der Waals surface area contributed by atoms with Crippen molar-refractivity contribution in [1.29, 1.82) is 0 Å². The molecule has 1 aromatic carbocycles. The Labute approximate surface area is 136 Å². The van der Waals surface area contributed by atoms with Crippen LogP contribution in [-0.2, 0) is 12.8 Å². The van der Waals surface area contributed by atoms with Crippen molar-refractivity contribution in [3.63, 3.8) is 0 Å². The molecule has 0 saturated heterocycles. The number of nitrogens with one attached hydrogen (secondary N) is 1. The number of carbonyl (C=O) groups is 1. The van der Waals surface area contributed by atoms with Crippen molar-refractivity contribution >= 4 is 6.03 Å². The van der Waals surface area contributed by atoms with E-state index in [-0.39, 0.29) is 12.1 Å². The van der Waals surface area contributed by atoms with Gasteiger partial charge in [-0.05, 0) is 42.7 Å². The molecule has 1 aliphatic rings. The molecule has 0 bridgehead atoms. The molecule has 0 fully saturated rings. The van der Waals surface area contributed by atoms with Crippen LogP contribution in [0.1, 0.15) is 29.9 Å². The predicted octanol–water partition coefficient (Wildman–Crippen LogP) is 3.16. The molecular formula is C18H22N2O3. The number of furan rings is 1. The molecule has 5 nitrogen and oxygen atoms in total. The van der Waals surface area contributed by atoms with Crippen LogP contribution >= 0.6 is 0 Å². The predicted molar refractivity (Wildman–Crippen MR) is 87.6 cm³/mol. The van der Waals surface area contributed by atoms with Crippen molar-refractivity contribution in [2.75, 3.05) is 20.2 Å². The average molecular weight is 314 g/mol. The van der Waals surface area contributed by atoms with Crippen LogP contribution in [0.3, 0.4) is 0 Å². The van der Waals surface area contributed by atoms with E-state index in [1.54, 1.807) is 18.2 Å². The Morgan fingerprint density at radius 2 is 2.26 bits per heavy atom. The highest BCUT2D eigenvalue weighted by Gasteiger charge is 2.19. The number of ether oxygens (including phenoxy) is 1. The smallest absolute Gasteiger partial charge is 0.317 e. The summed E-state index contributed by atoms with van der Waals surface area (Å²) in [5.74, 6) is 1.77. The molecule has 0 unspecified atom stereocenters. The van der Waals surface area contributed by atoms with Gasteiger partial charge in [-0.25, -0.2) is 4.79 Å². The summed E-state index contributed by atoms with van der Waals surface area (Å²) < 4.78 is 10.9. The number of urea groups is 1. The summed E-state index contributed by atoms with van der Waals surface area (Å²) in [5.41, 5.74) is 2.48. The number of hydrogen-bond acceptors (Lipinski definition) is 3. The number of amides is 2. The van der Waals surface area contributed by atoms with E-state index in [2.05, 4.69) is 17.4 Å². The van der Waals surface area contributed by atoms with E-state index < -0.39 is 0 Å². The highest BCUT2D eigenvalue weighted by Crippen LogP contribution is 2.26. The fourth-order valence-corrected chi connectivity index (χ4v) is 2.73. The molecule has 23 heavy (non-hydrogen) atoms. The zero-order valence-corrected chi connectivity index (χ0v) is 13.5. The summed E-state index contributed by atoms with van der Waals surface area (Å²) in [4.78, 5) is 13.9. The van der Waals surface area contributed by atoms with Gasteiger partial charge in [-0.1, -0.05) is 12.1 Å². The SMILES string of the molecule is C[C@@H](c1ccco1)N(C)C(=O)NCCc1ccc2c(c1)CCO2. The highest BCUT2D eigenvalue weighted by atomic mass is 16.5. The first-order valence-electron chi connectivity index (χ1n) is 7.94. The Hall–Kier alpha value is -2.43. The topological polar surface area (TPSA) is 54.7 Å². The van der Waals surface area contributed by atoms with E-state index in [1.165, 1.54) is 11.1 Å². The van der Waals surface area contributed by atoms with Crippen LogP contribution in [0.4, 0.5) is 4.79 Å². The molecule has 1 N–H and O–H groups in total. The lowest BCUT2D eigenvalue weighted by molar-refractivity contribution is 0.187. The molecule has 0 spiro atoms. The molecule has 5 heteroatoms. The number of benzene rings is 1. The molecule has 2 heterocycles. The van der Waals surface area contributed by atoms with Gasteiger partial charge in [-0.15, -0.1) is 0 Å². The lowest BCUT2D eigenvalue weighted by atomic mass is 10.1. The number of rotatable bonds is 5. The van der Waals surface area contributed by atoms with Crippen LogP contribution in [0.2, 0.25) is 0 Å². The number of fused-ring (bicyclic) bond motifs is 1. The molecule has 2 amide bonds. The monoisotopic (exact) mass is 314 g/mol. The highest BCUT2D eigenvalue weighted by molar-refractivity contribution is 5.74. The van der Waals surface area contributed by atoms with E-state index in [4.69, 9.17) is 9.15 Å². The minimum atomic E-state index is -0.0987. The summed E-state index contributed by atoms with van der Waals surface area (Å²) in [6.07, 6.45) is 3.40. The molecular weight excluding hydrogens is 292 g/mol. The third kappa shape index (κ3) is 3.50. The summed E-state index contributed by atoms with van der Waals surface area (Å²) in [7, 11) is 1.77. The lowest BCUT2D eigenvalue weighted by Gasteiger charge is -2.23. The van der Waals surface area contributed by atoms with Gasteiger partial charge >= 0.3 is 6.03 Å². The second-order valence-electron chi connectivity index (χ2n) is 5.82. The maximum atomic E-state index is 12.2. The lowest BCUT2D eigenvalue weighted by Crippen LogP contribution is -2.39. The van der Waals surface area contributed by atoms with Crippen LogP contribution < -0.4 is 10.1 Å². The summed E-state index contributed by atoms with van der Waals surface area (Å²) >= 11 is 0. The maximum absolute atomic E-state index is 12.2. The first-order chi connectivity index (χ1) is 11.1. The van der Waals surface area contributed by atoms with Gasteiger partial charge in [-0.2, -0.15) is 0 Å². The van der Waals surface area contributed by atoms with Gasteiger partial charge in [-0.3, -0.25) is 0 Å². The molecule has 1 atom stereocenters. The van der Waals surface area contributed by atoms with Gasteiger partial charge in [0, 0.05) is 20.0 Å². The second-order valence-corrected chi connectivity index (χ2v) is 5.82. The van der Waals surface area contributed by atoms with Gasteiger partial charge in [0.15, 0.2) is 0 Å². The Morgan fingerprint density at radius 3 is 3.04 bits per heavy atom. The number of carbonyl (C=O) groups excluding carboxylic acids is 1. The van der Waals surface area contributed by atoms with Crippen LogP contribution in [-0.4, -0.2) is 31.1 Å². The van der Waals surface area contributed by atoms with Gasteiger partial charge in [0.05, 0.1) is 18.9 Å². The van der Waals surface area contributed by atoms with Gasteiger partial charge in [0.2, 0.25) is 0 Å². The quantitative estimate of drug-likeness (QED) is 0.922. The van der Waals surface area contributed by atoms with Crippen molar-refractivity contribution in [3.05, 3.63) is 53.5 Å². The number of nitrogens with zero attached hydrogens (tertiary/aromatic N) is 1. The molecule has 0 aliphatic carbocycles. The third-order valence-corrected chi connectivity index (χ3v) is 4.30. The molecule has 0 saturated carbocycles. The zero-order valence-electron chi connectivity index (χ0n) is 13.5. The van der Waals surface area contributed by atoms with Gasteiger partial charge < -0.3 is 19.4 Å². The van der Waals surface area contributed by atoms with Crippen molar-refractivity contribution < 1.29 is 13.9 Å². The molecule has 3 rings (SSSR count). The average Bonchev–Trinajstić information content (AvgIpc) is 3.24. The van der Waals surface area contributed by atoms with Crippen molar-refractivity contribution in [2.24, 2.45) is 0 Å². The van der Waals surface area contributed by atoms with Crippen LogP contribution in [0.15, 0.2) is 41.0 Å². The van der Waals surface area contributed by atoms with Crippen molar-refractivity contribution in [1.82, 2.24) is 10.2 Å². The summed E-state index contributed by atoms with van der Waals surface area (Å²) in [6.45, 7) is 3.32. The van der Waals surface area contributed by atoms with E-state index in [1.807, 2.05) is 25.1 Å². The largest absolute Gasteiger partial charge is 0.493 e. The fraction of sp³-hybridized carbons (Fsp3) is 0.389. The zero-order chi connectivity index (χ0) is 16.2. The Bertz CT molecular complexity index is 667. The summed E-state index contributed by atoms with van der Waals surface area (Å²) in [6, 6.07) is 9.76. The Balaban J connectivity index is 1.49. The van der Waals surface area contributed by atoms with Gasteiger partial charge in [0.1, 0.15) is 11.5 Å². The Kier molecular flexibility index (Phi) is 4.55. The minimum Gasteiger partial charge on any atom is -0.493 e. The van der Waals surface area contributed by atoms with Crippen LogP contribution in [0.5, 0.6) is 5.75 Å². The normalized spacial score (nSPS) is 14.0. The molecule has 1 aromatic heterocycles. The van der Waals surface area contributed by atoms with E-state index in [9.17, 15) is 4.79 Å². The third-order valence-electron chi connectivity index (χ3n) is 4.30. The van der Waals surface area contributed by atoms with E-state index in [0.29, 0.717) is 6.54 Å². The van der Waals surface area contributed by atoms with Crippen molar-refractivity contribution in [2.45, 2.75) is 25.8 Å². The van der Waals surface area contributed by atoms with E-state index >= 15 is 0 Å². The summed E-state index contributed by atoms with van der Waals surface area (Å²) in [5, 5.41) is 2.96. The first kappa shape index (κ1) is 15.5. The minimum absolute atomic E-state index is 0.0952. The van der Waals surface area contributed by atoms with Crippen molar-refractivity contribution in [3.8, 4) is 5.75 Å². The van der Waals surface area contributed by atoms with Gasteiger partial charge in [0.25, 0.3) is 0 Å². The second kappa shape index (κ2) is 6.77. The van der Waals surface area contributed by atoms with E-state index in [0.717, 1.165) is 31.0 Å². The molecule has 1 aliphatic heterocycles.